The number of hydrogen-bond donors (Lipinski definition) is 2. The Kier molecular flexibility index (Phi) is 4.60. The lowest BCUT2D eigenvalue weighted by atomic mass is 10.0. The maximum absolute atomic E-state index is 6.25. The molecule has 2 aromatic carbocycles. The zero-order chi connectivity index (χ0) is 15.5. The minimum Gasteiger partial charge on any atom is -0.369 e. The number of para-hydroxylation sites is 1. The van der Waals surface area contributed by atoms with Gasteiger partial charge in [-0.3, -0.25) is 0 Å². The van der Waals surface area contributed by atoms with E-state index in [1.54, 1.807) is 0 Å². The summed E-state index contributed by atoms with van der Waals surface area (Å²) in [5, 5.41) is 0.596. The fraction of sp³-hybridized carbons (Fsp3) is 0.235. The van der Waals surface area contributed by atoms with Crippen molar-refractivity contribution in [2.75, 3.05) is 11.4 Å². The Hall–Kier alpha value is -1.65. The molecule has 0 fully saturated rings. The largest absolute Gasteiger partial charge is 0.369 e. The van der Waals surface area contributed by atoms with Gasteiger partial charge in [0.1, 0.15) is 0 Å². The van der Waals surface area contributed by atoms with Crippen LogP contribution in [0.4, 0.5) is 11.4 Å². The number of nitrogens with two attached hydrogens (primary N) is 1. The van der Waals surface area contributed by atoms with Gasteiger partial charge in [0, 0.05) is 18.0 Å². The molecule has 0 aliphatic carbocycles. The first-order chi connectivity index (χ1) is 10.7. The van der Waals surface area contributed by atoms with Crippen LogP contribution in [0, 0.1) is 0 Å². The highest BCUT2D eigenvalue weighted by atomic mass is 35.5. The van der Waals surface area contributed by atoms with E-state index in [0.717, 1.165) is 30.6 Å². The molecule has 3 rings (SSSR count). The third-order valence-electron chi connectivity index (χ3n) is 3.81. The van der Waals surface area contributed by atoms with Crippen molar-refractivity contribution >= 4 is 41.6 Å². The molecule has 2 aromatic rings. The number of rotatable bonds is 2. The molecule has 2 N–H and O–H groups in total. The molecule has 0 amide bonds. The Morgan fingerprint density at radius 2 is 2.09 bits per heavy atom. The van der Waals surface area contributed by atoms with Crippen molar-refractivity contribution in [1.82, 2.24) is 0 Å². The Labute approximate surface area is 141 Å². The molecule has 5 heteroatoms. The summed E-state index contributed by atoms with van der Waals surface area (Å²) in [6.45, 7) is 0.871. The van der Waals surface area contributed by atoms with E-state index < -0.39 is 0 Å². The summed E-state index contributed by atoms with van der Waals surface area (Å²) in [4.78, 5) is 6.60. The molecule has 1 heterocycles. The van der Waals surface area contributed by atoms with E-state index >= 15 is 0 Å². The molecule has 3 nitrogen and oxygen atoms in total. The molecule has 1 aliphatic heterocycles. The van der Waals surface area contributed by atoms with E-state index in [0.29, 0.717) is 22.4 Å². The minimum atomic E-state index is 0.477. The number of thiol groups is 1. The first kappa shape index (κ1) is 15.3. The number of aryl methyl sites for hydroxylation is 1. The molecule has 22 heavy (non-hydrogen) atoms. The van der Waals surface area contributed by atoms with Gasteiger partial charge in [-0.2, -0.15) is 12.6 Å². The van der Waals surface area contributed by atoms with Crippen LogP contribution in [0.1, 0.15) is 17.5 Å². The zero-order valence-corrected chi connectivity index (χ0v) is 13.8. The second-order valence-electron chi connectivity index (χ2n) is 5.30. The summed E-state index contributed by atoms with van der Waals surface area (Å²) in [5.41, 5.74) is 10.5. The molecule has 0 atom stereocenters. The van der Waals surface area contributed by atoms with Gasteiger partial charge in [-0.25, -0.2) is 4.99 Å². The summed E-state index contributed by atoms with van der Waals surface area (Å²) in [5.74, 6) is 1.12. The average Bonchev–Trinajstić information content (AvgIpc) is 2.56. The number of nitrogens with zero attached hydrogens (tertiary/aromatic N) is 2. The van der Waals surface area contributed by atoms with Crippen molar-refractivity contribution < 1.29 is 0 Å². The lowest BCUT2D eigenvalue weighted by Gasteiger charge is -2.30. The molecule has 0 unspecified atom stereocenters. The highest BCUT2D eigenvalue weighted by Crippen LogP contribution is 2.29. The van der Waals surface area contributed by atoms with Crippen LogP contribution in [0.25, 0.3) is 0 Å². The summed E-state index contributed by atoms with van der Waals surface area (Å²) < 4.78 is 0. The van der Waals surface area contributed by atoms with Crippen LogP contribution in [0.15, 0.2) is 47.5 Å². The Bertz CT molecular complexity index is 715. The SMILES string of the molecule is NC(=Nc1cc(CS)ccc1Cl)N1CCCc2ccccc21. The van der Waals surface area contributed by atoms with Gasteiger partial charge < -0.3 is 10.6 Å². The maximum atomic E-state index is 6.25. The topological polar surface area (TPSA) is 41.6 Å². The highest BCUT2D eigenvalue weighted by molar-refractivity contribution is 7.79. The molecule has 0 saturated heterocycles. The zero-order valence-electron chi connectivity index (χ0n) is 12.2. The maximum Gasteiger partial charge on any atom is 0.201 e. The predicted molar refractivity (Wildman–Crippen MR) is 97.5 cm³/mol. The van der Waals surface area contributed by atoms with Gasteiger partial charge in [0.15, 0.2) is 0 Å². The van der Waals surface area contributed by atoms with Gasteiger partial charge in [0.2, 0.25) is 5.96 Å². The van der Waals surface area contributed by atoms with E-state index in [1.165, 1.54) is 5.56 Å². The van der Waals surface area contributed by atoms with Crippen molar-refractivity contribution in [3.05, 3.63) is 58.6 Å². The first-order valence-electron chi connectivity index (χ1n) is 7.28. The van der Waals surface area contributed by atoms with Crippen LogP contribution in [0.2, 0.25) is 5.02 Å². The standard InChI is InChI=1S/C17H18ClN3S/c18-14-8-7-12(11-22)10-15(14)20-17(19)21-9-3-5-13-4-1-2-6-16(13)21/h1-2,4,6-8,10,22H,3,5,9,11H2,(H2,19,20). The lowest BCUT2D eigenvalue weighted by Crippen LogP contribution is -2.40. The molecule has 0 bridgehead atoms. The average molecular weight is 332 g/mol. The molecule has 0 aromatic heterocycles. The molecule has 0 spiro atoms. The van der Waals surface area contributed by atoms with E-state index in [9.17, 15) is 0 Å². The number of aliphatic imine (C=N–C) groups is 1. The lowest BCUT2D eigenvalue weighted by molar-refractivity contribution is 0.775. The smallest absolute Gasteiger partial charge is 0.201 e. The van der Waals surface area contributed by atoms with Crippen molar-refractivity contribution in [3.8, 4) is 0 Å². The second kappa shape index (κ2) is 6.63. The number of hydrogen-bond acceptors (Lipinski definition) is 2. The summed E-state index contributed by atoms with van der Waals surface area (Å²) in [7, 11) is 0. The van der Waals surface area contributed by atoms with Crippen molar-refractivity contribution in [2.24, 2.45) is 10.7 Å². The Morgan fingerprint density at radius 3 is 2.91 bits per heavy atom. The van der Waals surface area contributed by atoms with Gasteiger partial charge in [-0.15, -0.1) is 0 Å². The van der Waals surface area contributed by atoms with Crippen molar-refractivity contribution in [1.29, 1.82) is 0 Å². The van der Waals surface area contributed by atoms with Gasteiger partial charge in [-0.05, 0) is 42.2 Å². The van der Waals surface area contributed by atoms with Crippen molar-refractivity contribution in [2.45, 2.75) is 18.6 Å². The first-order valence-corrected chi connectivity index (χ1v) is 8.29. The van der Waals surface area contributed by atoms with Crippen LogP contribution in [0.5, 0.6) is 0 Å². The van der Waals surface area contributed by atoms with Gasteiger partial charge in [0.25, 0.3) is 0 Å². The highest BCUT2D eigenvalue weighted by Gasteiger charge is 2.19. The van der Waals surface area contributed by atoms with Crippen LogP contribution in [-0.2, 0) is 12.2 Å². The number of fused-ring (bicyclic) bond motifs is 1. The Morgan fingerprint density at radius 1 is 1.27 bits per heavy atom. The fourth-order valence-electron chi connectivity index (χ4n) is 2.70. The fourth-order valence-corrected chi connectivity index (χ4v) is 3.05. The summed E-state index contributed by atoms with van der Waals surface area (Å²) in [6, 6.07) is 14.0. The van der Waals surface area contributed by atoms with E-state index in [-0.39, 0.29) is 0 Å². The predicted octanol–water partition coefficient (Wildman–Crippen LogP) is 4.17. The van der Waals surface area contributed by atoms with Crippen LogP contribution < -0.4 is 10.6 Å². The van der Waals surface area contributed by atoms with E-state index in [4.69, 9.17) is 17.3 Å². The van der Waals surface area contributed by atoms with Gasteiger partial charge >= 0.3 is 0 Å². The number of anilines is 1. The molecule has 0 radical (unpaired) electrons. The van der Waals surface area contributed by atoms with Gasteiger partial charge in [-0.1, -0.05) is 35.9 Å². The number of halogens is 1. The quantitative estimate of drug-likeness (QED) is 0.492. The minimum absolute atomic E-state index is 0.477. The number of benzene rings is 2. The van der Waals surface area contributed by atoms with Crippen molar-refractivity contribution in [3.63, 3.8) is 0 Å². The summed E-state index contributed by atoms with van der Waals surface area (Å²) >= 11 is 10.5. The number of guanidine groups is 1. The molecule has 0 saturated carbocycles. The monoisotopic (exact) mass is 331 g/mol. The molecule has 1 aliphatic rings. The van der Waals surface area contributed by atoms with Crippen LogP contribution in [-0.4, -0.2) is 12.5 Å². The van der Waals surface area contributed by atoms with E-state index in [2.05, 4.69) is 40.7 Å². The van der Waals surface area contributed by atoms with E-state index in [1.807, 2.05) is 24.3 Å². The summed E-state index contributed by atoms with van der Waals surface area (Å²) in [6.07, 6.45) is 2.15. The van der Waals surface area contributed by atoms with Gasteiger partial charge in [0.05, 0.1) is 10.7 Å². The second-order valence-corrected chi connectivity index (χ2v) is 6.02. The van der Waals surface area contributed by atoms with Crippen LogP contribution in [0.3, 0.4) is 0 Å². The third kappa shape index (κ3) is 3.08. The van der Waals surface area contributed by atoms with Crippen LogP contribution >= 0.6 is 24.2 Å². The normalized spacial score (nSPS) is 14.8. The molecular formula is C17H18ClN3S. The Balaban J connectivity index is 1.96. The molecular weight excluding hydrogens is 314 g/mol. The third-order valence-corrected chi connectivity index (χ3v) is 4.50. The molecule has 114 valence electrons.